The van der Waals surface area contributed by atoms with E-state index in [1.165, 1.54) is 128 Å². The van der Waals surface area contributed by atoms with Crippen LogP contribution in [0.4, 0.5) is 0 Å². The van der Waals surface area contributed by atoms with Crippen LogP contribution in [0.2, 0.25) is 0 Å². The highest BCUT2D eigenvalue weighted by molar-refractivity contribution is 7.48. The number of carbonyl (C=O) groups is 4. The Labute approximate surface area is 488 Å². The van der Waals surface area contributed by atoms with Gasteiger partial charge in [-0.1, -0.05) is 281 Å². The van der Waals surface area contributed by atoms with Crippen molar-refractivity contribution in [2.75, 3.05) is 13.2 Å². The van der Waals surface area contributed by atoms with Crippen LogP contribution >= 0.6 is 7.82 Å². The molecule has 0 heterocycles. The van der Waals surface area contributed by atoms with Crippen molar-refractivity contribution < 1.29 is 42.1 Å². The number of phosphoric ester groups is 1. The van der Waals surface area contributed by atoms with Crippen LogP contribution in [-0.4, -0.2) is 55.0 Å². The molecule has 80 heavy (non-hydrogen) atoms. The Morgan fingerprint density at radius 2 is 0.887 bits per heavy atom. The highest BCUT2D eigenvalue weighted by Gasteiger charge is 2.30. The number of carbonyl (C=O) groups excluding carboxylic acids is 4. The highest BCUT2D eigenvalue weighted by atomic mass is 31.2. The minimum Gasteiger partial charge on any atom is -0.462 e. The average molecular weight is 1140 g/mol. The summed E-state index contributed by atoms with van der Waals surface area (Å²) >= 11 is 0. The summed E-state index contributed by atoms with van der Waals surface area (Å²) in [7, 11) is -4.14. The maximum absolute atomic E-state index is 14.3. The molecule has 0 aliphatic rings. The molecule has 0 aromatic heterocycles. The van der Waals surface area contributed by atoms with Gasteiger partial charge < -0.3 is 20.7 Å². The molecule has 0 spiro atoms. The predicted octanol–water partition coefficient (Wildman–Crippen LogP) is 18.1. The first-order valence-corrected chi connectivity index (χ1v) is 34.1. The van der Waals surface area contributed by atoms with E-state index in [0.717, 1.165) is 81.8 Å². The molecule has 3 N–H and O–H groups in total. The van der Waals surface area contributed by atoms with Gasteiger partial charge >= 0.3 is 13.8 Å². The molecule has 0 saturated heterocycles. The zero-order valence-corrected chi connectivity index (χ0v) is 52.3. The molecule has 0 bridgehead atoms. The molecule has 3 amide bonds. The van der Waals surface area contributed by atoms with Crippen molar-refractivity contribution in [1.29, 1.82) is 0 Å². The van der Waals surface area contributed by atoms with Crippen LogP contribution in [0, 0.1) is 5.92 Å². The minimum absolute atomic E-state index is 0.00676. The van der Waals surface area contributed by atoms with Gasteiger partial charge in [-0.05, 0) is 55.6 Å². The van der Waals surface area contributed by atoms with Crippen LogP contribution in [0.5, 0.6) is 0 Å². The van der Waals surface area contributed by atoms with Crippen molar-refractivity contribution in [3.63, 3.8) is 0 Å². The monoisotopic (exact) mass is 1140 g/mol. The summed E-state index contributed by atoms with van der Waals surface area (Å²) in [6.07, 6.45) is 38.1. The third-order valence-corrected chi connectivity index (χ3v) is 16.6. The van der Waals surface area contributed by atoms with Crippen LogP contribution in [-0.2, 0) is 55.3 Å². The standard InChI is InChI=1S/C67H116N3O9P/c1-6-10-14-17-20-23-26-29-35-43-58(5)53-64(71)69-61(57-78-80(75,76-55-59-44-36-32-37-45-59)77-56-60-46-38-33-39-47-60)48-42-52-68-67(74)63(50-34-13-9-4)70-65(72)54-62(49-40-30-27-24-21-18-15-11-7-2)79-66(73)51-41-31-28-25-22-19-16-12-8-3/h32-33,36-39,44-47,58,61-63H,6-31,34-35,40-43,48-57H2,1-5H3,(H,68,74)(H,69,71)(H,70,72)/t58-,61-,62-,63+/m1/s1. The Kier molecular flexibility index (Phi) is 45.3. The number of phosphoric acid groups is 1. The topological polar surface area (TPSA) is 158 Å². The number of amides is 3. The first-order valence-electron chi connectivity index (χ1n) is 32.7. The summed E-state index contributed by atoms with van der Waals surface area (Å²) in [5.41, 5.74) is 1.62. The van der Waals surface area contributed by atoms with E-state index in [1.807, 2.05) is 60.7 Å². The van der Waals surface area contributed by atoms with E-state index in [-0.39, 0.29) is 62.4 Å². The lowest BCUT2D eigenvalue weighted by Gasteiger charge is -2.24. The molecule has 0 fully saturated rings. The molecule has 2 aromatic carbocycles. The van der Waals surface area contributed by atoms with Gasteiger partial charge in [-0.25, -0.2) is 4.57 Å². The molecular weight excluding hydrogens is 1020 g/mol. The minimum atomic E-state index is -4.14. The van der Waals surface area contributed by atoms with Gasteiger partial charge in [0.25, 0.3) is 0 Å². The molecule has 0 radical (unpaired) electrons. The SMILES string of the molecule is CCCCCCCCCCCC(=O)O[C@H](CCCCCCCCCCC)CC(=O)N[C@@H](CCCCC)C(=O)NCCC[C@H](COP(=O)(OCc1ccccc1)OCc1ccccc1)NC(=O)C[C@H](C)CCCCCCCCCCC. The third kappa shape index (κ3) is 40.6. The van der Waals surface area contributed by atoms with Gasteiger partial charge in [0.05, 0.1) is 32.3 Å². The van der Waals surface area contributed by atoms with Gasteiger partial charge in [0.1, 0.15) is 12.1 Å². The molecule has 13 heteroatoms. The van der Waals surface area contributed by atoms with Gasteiger partial charge in [-0.3, -0.25) is 32.7 Å². The summed E-state index contributed by atoms with van der Waals surface area (Å²) in [5, 5.41) is 9.26. The van der Waals surface area contributed by atoms with Crippen molar-refractivity contribution in [2.45, 2.75) is 310 Å². The zero-order valence-electron chi connectivity index (χ0n) is 51.4. The van der Waals surface area contributed by atoms with Crippen molar-refractivity contribution in [3.05, 3.63) is 71.8 Å². The van der Waals surface area contributed by atoms with Crippen LogP contribution in [0.15, 0.2) is 60.7 Å². The lowest BCUT2D eigenvalue weighted by molar-refractivity contribution is -0.151. The second kappa shape index (κ2) is 50.0. The molecule has 4 atom stereocenters. The van der Waals surface area contributed by atoms with Crippen LogP contribution < -0.4 is 16.0 Å². The second-order valence-electron chi connectivity index (χ2n) is 23.0. The number of ether oxygens (including phenoxy) is 1. The fourth-order valence-corrected chi connectivity index (χ4v) is 11.4. The summed E-state index contributed by atoms with van der Waals surface area (Å²) in [6, 6.07) is 17.5. The third-order valence-electron chi connectivity index (χ3n) is 15.2. The maximum Gasteiger partial charge on any atom is 0.475 e. The van der Waals surface area contributed by atoms with E-state index < -0.39 is 26.0 Å². The van der Waals surface area contributed by atoms with Gasteiger partial charge in [-0.2, -0.15) is 0 Å². The largest absolute Gasteiger partial charge is 0.475 e. The summed E-state index contributed by atoms with van der Waals surface area (Å²) in [4.78, 5) is 54.7. The summed E-state index contributed by atoms with van der Waals surface area (Å²) in [5.74, 6) is -0.733. The van der Waals surface area contributed by atoms with E-state index >= 15 is 0 Å². The normalized spacial score (nSPS) is 13.1. The number of hydrogen-bond donors (Lipinski definition) is 3. The Hall–Kier alpha value is -3.57. The lowest BCUT2D eigenvalue weighted by Crippen LogP contribution is -2.48. The number of hydrogen-bond acceptors (Lipinski definition) is 9. The van der Waals surface area contributed by atoms with Crippen molar-refractivity contribution >= 4 is 31.5 Å². The Balaban J connectivity index is 2.11. The van der Waals surface area contributed by atoms with Crippen molar-refractivity contribution in [1.82, 2.24) is 16.0 Å². The van der Waals surface area contributed by atoms with Crippen LogP contribution in [0.1, 0.15) is 290 Å². The van der Waals surface area contributed by atoms with E-state index in [4.69, 9.17) is 18.3 Å². The Morgan fingerprint density at radius 1 is 0.463 bits per heavy atom. The molecule has 458 valence electrons. The second-order valence-corrected chi connectivity index (χ2v) is 24.7. The van der Waals surface area contributed by atoms with E-state index in [0.29, 0.717) is 38.5 Å². The van der Waals surface area contributed by atoms with Crippen molar-refractivity contribution in [2.24, 2.45) is 5.92 Å². The lowest BCUT2D eigenvalue weighted by atomic mass is 9.98. The maximum atomic E-state index is 14.3. The molecular formula is C67H116N3O9P. The molecule has 0 aliphatic carbocycles. The predicted molar refractivity (Wildman–Crippen MR) is 330 cm³/mol. The highest BCUT2D eigenvalue weighted by Crippen LogP contribution is 2.51. The Morgan fingerprint density at radius 3 is 1.39 bits per heavy atom. The van der Waals surface area contributed by atoms with Gasteiger partial charge in [-0.15, -0.1) is 0 Å². The fourth-order valence-electron chi connectivity index (χ4n) is 10.2. The number of nitrogens with one attached hydrogen (secondary N) is 3. The number of benzene rings is 2. The van der Waals surface area contributed by atoms with E-state index in [9.17, 15) is 23.7 Å². The smallest absolute Gasteiger partial charge is 0.462 e. The van der Waals surface area contributed by atoms with Gasteiger partial charge in [0, 0.05) is 19.4 Å². The molecule has 2 rings (SSSR count). The molecule has 2 aromatic rings. The summed E-state index contributed by atoms with van der Waals surface area (Å²) in [6.45, 7) is 11.1. The van der Waals surface area contributed by atoms with Crippen LogP contribution in [0.25, 0.3) is 0 Å². The first-order chi connectivity index (χ1) is 39.0. The zero-order chi connectivity index (χ0) is 58.0. The first kappa shape index (κ1) is 72.5. The molecule has 12 nitrogen and oxygen atoms in total. The fraction of sp³-hybridized carbons (Fsp3) is 0.761. The molecule has 0 aliphatic heterocycles. The van der Waals surface area contributed by atoms with E-state index in [1.54, 1.807) is 0 Å². The molecule has 0 unspecified atom stereocenters. The Bertz CT molecular complexity index is 1810. The van der Waals surface area contributed by atoms with Crippen molar-refractivity contribution in [3.8, 4) is 0 Å². The van der Waals surface area contributed by atoms with Gasteiger partial charge in [0.2, 0.25) is 17.7 Å². The number of unbranched alkanes of at least 4 members (excludes halogenated alkanes) is 26. The average Bonchev–Trinajstić information content (AvgIpc) is 3.45. The number of rotatable bonds is 55. The van der Waals surface area contributed by atoms with Gasteiger partial charge in [0.15, 0.2) is 0 Å². The summed E-state index contributed by atoms with van der Waals surface area (Å²) < 4.78 is 38.3. The van der Waals surface area contributed by atoms with E-state index in [2.05, 4.69) is 50.6 Å². The number of esters is 1. The quantitative estimate of drug-likeness (QED) is 0.0333. The van der Waals surface area contributed by atoms with Crippen LogP contribution in [0.3, 0.4) is 0 Å². The molecule has 0 saturated carbocycles.